The smallest absolute Gasteiger partial charge is 0.200 e. The van der Waals surface area contributed by atoms with E-state index >= 15 is 0 Å². The summed E-state index contributed by atoms with van der Waals surface area (Å²) in [6.45, 7) is 2.40. The van der Waals surface area contributed by atoms with E-state index in [0.717, 1.165) is 6.42 Å². The molecule has 0 spiro atoms. The first-order valence-electron chi connectivity index (χ1n) is 6.22. The van der Waals surface area contributed by atoms with Gasteiger partial charge in [-0.15, -0.1) is 0 Å². The lowest BCUT2D eigenvalue weighted by Gasteiger charge is -2.11. The second-order valence-corrected chi connectivity index (χ2v) is 4.34. The molecule has 0 unspecified atom stereocenters. The average Bonchev–Trinajstić information content (AvgIpc) is 2.91. The highest BCUT2D eigenvalue weighted by Crippen LogP contribution is 2.27. The first kappa shape index (κ1) is 15.3. The topological polar surface area (TPSA) is 29.9 Å². The van der Waals surface area contributed by atoms with Crippen molar-refractivity contribution in [1.82, 2.24) is 9.55 Å². The van der Waals surface area contributed by atoms with Gasteiger partial charge >= 0.3 is 0 Å². The Morgan fingerprint density at radius 2 is 1.57 bits per heavy atom. The van der Waals surface area contributed by atoms with Crippen LogP contribution in [0.4, 0.5) is 27.6 Å². The molecule has 0 fully saturated rings. The maximum absolute atomic E-state index is 13.5. The highest BCUT2D eigenvalue weighted by atomic mass is 19.2. The number of anilines is 1. The second kappa shape index (κ2) is 6.11. The molecule has 0 bridgehead atoms. The fraction of sp³-hybridized carbons (Fsp3) is 0.308. The lowest BCUT2D eigenvalue weighted by molar-refractivity contribution is 0.381. The summed E-state index contributed by atoms with van der Waals surface area (Å²) in [6, 6.07) is 0. The zero-order valence-corrected chi connectivity index (χ0v) is 11.1. The fourth-order valence-electron chi connectivity index (χ4n) is 1.88. The summed E-state index contributed by atoms with van der Waals surface area (Å²) in [5.74, 6) is -9.48. The van der Waals surface area contributed by atoms with Gasteiger partial charge in [-0.3, -0.25) is 0 Å². The molecule has 0 radical (unpaired) electrons. The van der Waals surface area contributed by atoms with Gasteiger partial charge in [-0.1, -0.05) is 6.92 Å². The van der Waals surface area contributed by atoms with Crippen LogP contribution in [0.1, 0.15) is 19.2 Å². The molecule has 0 aliphatic heterocycles. The summed E-state index contributed by atoms with van der Waals surface area (Å²) >= 11 is 0. The molecule has 3 nitrogen and oxygen atoms in total. The third kappa shape index (κ3) is 2.84. The molecule has 0 atom stereocenters. The van der Waals surface area contributed by atoms with Gasteiger partial charge in [-0.05, 0) is 6.42 Å². The molecular formula is C13H12F5N3. The van der Waals surface area contributed by atoms with Crippen molar-refractivity contribution in [2.24, 2.45) is 0 Å². The van der Waals surface area contributed by atoms with Gasteiger partial charge in [0, 0.05) is 18.9 Å². The standard InChI is InChI=1S/C13H12F5N3/c1-2-4-21-5-3-19-7(21)6-20-13-11(17)9(15)8(14)10(16)12(13)18/h3,5,20H,2,4,6H2,1H3. The lowest BCUT2D eigenvalue weighted by atomic mass is 10.2. The predicted octanol–water partition coefficient (Wildman–Crippen LogP) is 3.60. The molecular weight excluding hydrogens is 293 g/mol. The molecule has 1 aromatic heterocycles. The minimum absolute atomic E-state index is 0.161. The maximum Gasteiger partial charge on any atom is 0.200 e. The number of benzene rings is 1. The van der Waals surface area contributed by atoms with Crippen LogP contribution >= 0.6 is 0 Å². The van der Waals surface area contributed by atoms with Gasteiger partial charge in [0.25, 0.3) is 0 Å². The van der Waals surface area contributed by atoms with Gasteiger partial charge in [0.2, 0.25) is 5.82 Å². The number of rotatable bonds is 5. The van der Waals surface area contributed by atoms with Crippen LogP contribution in [0.3, 0.4) is 0 Å². The molecule has 0 saturated carbocycles. The van der Waals surface area contributed by atoms with Crippen molar-refractivity contribution in [1.29, 1.82) is 0 Å². The Labute approximate surface area is 117 Å². The van der Waals surface area contributed by atoms with Crippen LogP contribution < -0.4 is 5.32 Å². The van der Waals surface area contributed by atoms with Crippen molar-refractivity contribution in [3.8, 4) is 0 Å². The van der Waals surface area contributed by atoms with E-state index in [1.165, 1.54) is 6.20 Å². The summed E-state index contributed by atoms with van der Waals surface area (Å²) in [5.41, 5.74) is -1.06. The minimum atomic E-state index is -2.18. The molecule has 2 aromatic rings. The SMILES string of the molecule is CCCn1ccnc1CNc1c(F)c(F)c(F)c(F)c1F. The first-order valence-corrected chi connectivity index (χ1v) is 6.22. The van der Waals surface area contributed by atoms with Crippen molar-refractivity contribution in [3.63, 3.8) is 0 Å². The van der Waals surface area contributed by atoms with Crippen LogP contribution in [0.15, 0.2) is 12.4 Å². The van der Waals surface area contributed by atoms with Gasteiger partial charge in [0.05, 0.1) is 6.54 Å². The third-order valence-corrected chi connectivity index (χ3v) is 2.90. The van der Waals surface area contributed by atoms with E-state index in [1.54, 1.807) is 10.8 Å². The number of hydrogen-bond donors (Lipinski definition) is 1. The summed E-state index contributed by atoms with van der Waals surface area (Å²) < 4.78 is 67.7. The Morgan fingerprint density at radius 1 is 1.00 bits per heavy atom. The van der Waals surface area contributed by atoms with Crippen molar-refractivity contribution < 1.29 is 22.0 Å². The molecule has 0 aliphatic rings. The van der Waals surface area contributed by atoms with Gasteiger partial charge in [0.1, 0.15) is 11.5 Å². The number of imidazole rings is 1. The largest absolute Gasteiger partial charge is 0.373 e. The minimum Gasteiger partial charge on any atom is -0.373 e. The number of hydrogen-bond acceptors (Lipinski definition) is 2. The van der Waals surface area contributed by atoms with E-state index < -0.39 is 34.8 Å². The molecule has 0 saturated heterocycles. The number of nitrogens with zero attached hydrogens (tertiary/aromatic N) is 2. The first-order chi connectivity index (χ1) is 9.97. The zero-order chi connectivity index (χ0) is 15.6. The van der Waals surface area contributed by atoms with E-state index in [0.29, 0.717) is 12.4 Å². The lowest BCUT2D eigenvalue weighted by Crippen LogP contribution is -2.13. The molecule has 1 heterocycles. The second-order valence-electron chi connectivity index (χ2n) is 4.34. The Kier molecular flexibility index (Phi) is 4.44. The monoisotopic (exact) mass is 305 g/mol. The van der Waals surface area contributed by atoms with E-state index in [-0.39, 0.29) is 6.54 Å². The Hall–Kier alpha value is -2.12. The van der Waals surface area contributed by atoms with E-state index in [9.17, 15) is 22.0 Å². The van der Waals surface area contributed by atoms with Crippen molar-refractivity contribution in [2.75, 3.05) is 5.32 Å². The number of nitrogens with one attached hydrogen (secondary N) is 1. The number of halogens is 5. The quantitative estimate of drug-likeness (QED) is 0.519. The summed E-state index contributed by atoms with van der Waals surface area (Å²) in [7, 11) is 0. The number of aromatic nitrogens is 2. The molecule has 0 aliphatic carbocycles. The van der Waals surface area contributed by atoms with Gasteiger partial charge in [-0.25, -0.2) is 26.9 Å². The van der Waals surface area contributed by atoms with Crippen LogP contribution in [0.25, 0.3) is 0 Å². The maximum atomic E-state index is 13.5. The Bertz CT molecular complexity index is 624. The molecule has 8 heteroatoms. The van der Waals surface area contributed by atoms with E-state index in [1.807, 2.05) is 6.92 Å². The van der Waals surface area contributed by atoms with Gasteiger partial charge in [0.15, 0.2) is 23.3 Å². The molecule has 1 N–H and O–H groups in total. The zero-order valence-electron chi connectivity index (χ0n) is 11.1. The molecule has 21 heavy (non-hydrogen) atoms. The van der Waals surface area contributed by atoms with Crippen molar-refractivity contribution in [2.45, 2.75) is 26.4 Å². The molecule has 2 rings (SSSR count). The van der Waals surface area contributed by atoms with Crippen LogP contribution in [-0.2, 0) is 13.1 Å². The average molecular weight is 305 g/mol. The molecule has 114 valence electrons. The summed E-state index contributed by atoms with van der Waals surface area (Å²) in [5, 5.41) is 2.21. The normalized spacial score (nSPS) is 11.0. The van der Waals surface area contributed by atoms with Crippen LogP contribution in [0.5, 0.6) is 0 Å². The predicted molar refractivity (Wildman–Crippen MR) is 66.1 cm³/mol. The van der Waals surface area contributed by atoms with E-state index in [4.69, 9.17) is 0 Å². The van der Waals surface area contributed by atoms with Gasteiger partial charge in [-0.2, -0.15) is 0 Å². The summed E-state index contributed by atoms with van der Waals surface area (Å²) in [6.07, 6.45) is 3.97. The number of aryl methyl sites for hydroxylation is 1. The Morgan fingerprint density at radius 3 is 2.14 bits per heavy atom. The van der Waals surface area contributed by atoms with Gasteiger partial charge < -0.3 is 9.88 Å². The summed E-state index contributed by atoms with van der Waals surface area (Å²) in [4.78, 5) is 3.97. The van der Waals surface area contributed by atoms with Crippen molar-refractivity contribution >= 4 is 5.69 Å². The highest BCUT2D eigenvalue weighted by molar-refractivity contribution is 5.47. The molecule has 1 aromatic carbocycles. The van der Waals surface area contributed by atoms with Crippen LogP contribution in [0.2, 0.25) is 0 Å². The van der Waals surface area contributed by atoms with Crippen LogP contribution in [0, 0.1) is 29.1 Å². The molecule has 0 amide bonds. The third-order valence-electron chi connectivity index (χ3n) is 2.90. The Balaban J connectivity index is 2.26. The highest BCUT2D eigenvalue weighted by Gasteiger charge is 2.25. The van der Waals surface area contributed by atoms with Crippen LogP contribution in [-0.4, -0.2) is 9.55 Å². The van der Waals surface area contributed by atoms with Crippen molar-refractivity contribution in [3.05, 3.63) is 47.3 Å². The van der Waals surface area contributed by atoms with E-state index in [2.05, 4.69) is 10.3 Å². The fourth-order valence-corrected chi connectivity index (χ4v) is 1.88.